The Bertz CT molecular complexity index is 1400. The number of ether oxygens (including phenoxy) is 1. The lowest BCUT2D eigenvalue weighted by Gasteiger charge is -2.28. The summed E-state index contributed by atoms with van der Waals surface area (Å²) in [5.41, 5.74) is 5.70. The lowest BCUT2D eigenvalue weighted by molar-refractivity contribution is 0.0521. The van der Waals surface area contributed by atoms with E-state index in [0.717, 1.165) is 22.1 Å². The van der Waals surface area contributed by atoms with Crippen LogP contribution in [0.5, 0.6) is 0 Å². The molecule has 1 aromatic heterocycles. The molecule has 0 aliphatic rings. The average molecular weight is 490 g/mol. The fourth-order valence-electron chi connectivity index (χ4n) is 4.18. The van der Waals surface area contributed by atoms with Gasteiger partial charge in [-0.2, -0.15) is 0 Å². The summed E-state index contributed by atoms with van der Waals surface area (Å²) in [6, 6.07) is 20.6. The highest BCUT2D eigenvalue weighted by Crippen LogP contribution is 2.38. The molecule has 0 saturated carbocycles. The van der Waals surface area contributed by atoms with Gasteiger partial charge in [0.2, 0.25) is 0 Å². The molecule has 0 aliphatic carbocycles. The standard InChI is InChI=1S/C28H30N2O4S/c1-6-34-27(31)26-25(19-9-7-8-18(2)16-19)23-17-22(14-15-24(23)29-26)30(35(32)33)21-12-10-20(11-13-21)28(3,4)5/h7-17,29H,6H2,1-5H3,(H,32,33)/p-1. The van der Waals surface area contributed by atoms with Gasteiger partial charge in [-0.05, 0) is 60.7 Å². The maximum Gasteiger partial charge on any atom is 0.355 e. The van der Waals surface area contributed by atoms with Crippen LogP contribution in [0.1, 0.15) is 49.3 Å². The normalized spacial score (nSPS) is 12.5. The number of aromatic amines is 1. The van der Waals surface area contributed by atoms with Gasteiger partial charge < -0.3 is 14.3 Å². The van der Waals surface area contributed by atoms with Gasteiger partial charge in [-0.25, -0.2) is 4.79 Å². The third kappa shape index (κ3) is 5.01. The highest BCUT2D eigenvalue weighted by Gasteiger charge is 2.22. The molecule has 0 amide bonds. The first-order valence-corrected chi connectivity index (χ1v) is 12.5. The topological polar surface area (TPSA) is 85.5 Å². The minimum atomic E-state index is -2.55. The molecule has 0 aliphatic heterocycles. The van der Waals surface area contributed by atoms with Crippen molar-refractivity contribution in [2.24, 2.45) is 0 Å². The molecule has 7 heteroatoms. The van der Waals surface area contributed by atoms with Crippen LogP contribution >= 0.6 is 0 Å². The molecule has 1 atom stereocenters. The van der Waals surface area contributed by atoms with E-state index in [9.17, 15) is 13.6 Å². The summed E-state index contributed by atoms with van der Waals surface area (Å²) >= 11 is -2.55. The SMILES string of the molecule is CCOC(=O)c1[nH]c2ccc(N(c3ccc(C(C)(C)C)cc3)S(=O)[O-])cc2c1-c1cccc(C)c1. The molecule has 3 aromatic carbocycles. The van der Waals surface area contributed by atoms with Crippen LogP contribution in [0.2, 0.25) is 0 Å². The van der Waals surface area contributed by atoms with Crippen LogP contribution in [0.3, 0.4) is 0 Å². The fourth-order valence-corrected chi connectivity index (χ4v) is 4.76. The maximum atomic E-state index is 12.8. The minimum Gasteiger partial charge on any atom is -0.755 e. The Morgan fingerprint density at radius 3 is 2.31 bits per heavy atom. The zero-order valence-electron chi connectivity index (χ0n) is 20.5. The third-order valence-corrected chi connectivity index (χ3v) is 6.64. The second-order valence-corrected chi connectivity index (χ2v) is 10.3. The van der Waals surface area contributed by atoms with Crippen LogP contribution in [0.25, 0.3) is 22.0 Å². The summed E-state index contributed by atoms with van der Waals surface area (Å²) in [5.74, 6) is -0.455. The summed E-state index contributed by atoms with van der Waals surface area (Å²) in [6.07, 6.45) is 0. The first-order valence-electron chi connectivity index (χ1n) is 11.5. The lowest BCUT2D eigenvalue weighted by Crippen LogP contribution is -2.20. The van der Waals surface area contributed by atoms with Crippen molar-refractivity contribution in [1.29, 1.82) is 0 Å². The average Bonchev–Trinajstić information content (AvgIpc) is 3.18. The molecule has 0 saturated heterocycles. The van der Waals surface area contributed by atoms with Crippen LogP contribution in [0.15, 0.2) is 66.7 Å². The van der Waals surface area contributed by atoms with Crippen molar-refractivity contribution in [3.8, 4) is 11.1 Å². The van der Waals surface area contributed by atoms with E-state index in [2.05, 4.69) is 25.8 Å². The number of fused-ring (bicyclic) bond motifs is 1. The van der Waals surface area contributed by atoms with Crippen LogP contribution < -0.4 is 4.31 Å². The number of rotatable bonds is 6. The number of hydrogen-bond donors (Lipinski definition) is 1. The van der Waals surface area contributed by atoms with Gasteiger partial charge >= 0.3 is 5.97 Å². The summed E-state index contributed by atoms with van der Waals surface area (Å²) in [5, 5.41) is 0.734. The second kappa shape index (κ2) is 9.68. The van der Waals surface area contributed by atoms with Crippen molar-refractivity contribution >= 4 is 39.5 Å². The van der Waals surface area contributed by atoms with Crippen molar-refractivity contribution in [1.82, 2.24) is 4.98 Å². The number of anilines is 2. The maximum absolute atomic E-state index is 12.8. The first kappa shape index (κ1) is 24.7. The molecule has 0 fully saturated rings. The predicted octanol–water partition coefficient (Wildman–Crippen LogP) is 6.55. The van der Waals surface area contributed by atoms with Crippen molar-refractivity contribution in [3.05, 3.63) is 83.6 Å². The fraction of sp³-hybridized carbons (Fsp3) is 0.250. The van der Waals surface area contributed by atoms with E-state index in [-0.39, 0.29) is 12.0 Å². The van der Waals surface area contributed by atoms with Gasteiger partial charge in [0.1, 0.15) is 5.69 Å². The Hall–Kier alpha value is -3.42. The smallest absolute Gasteiger partial charge is 0.355 e. The number of aryl methyl sites for hydroxylation is 1. The van der Waals surface area contributed by atoms with E-state index in [1.807, 2.05) is 55.5 Å². The number of nitrogens with one attached hydrogen (secondary N) is 1. The Labute approximate surface area is 208 Å². The molecule has 1 unspecified atom stereocenters. The van der Waals surface area contributed by atoms with E-state index >= 15 is 0 Å². The molecule has 0 spiro atoms. The molecule has 0 radical (unpaired) electrons. The second-order valence-electron chi connectivity index (χ2n) is 9.50. The highest BCUT2D eigenvalue weighted by atomic mass is 32.2. The number of benzene rings is 3. The van der Waals surface area contributed by atoms with Gasteiger partial charge in [0, 0.05) is 16.5 Å². The first-order chi connectivity index (χ1) is 16.6. The molecule has 1 heterocycles. The molecule has 4 aromatic rings. The lowest BCUT2D eigenvalue weighted by atomic mass is 9.87. The van der Waals surface area contributed by atoms with E-state index < -0.39 is 17.2 Å². The van der Waals surface area contributed by atoms with Gasteiger partial charge in [-0.3, -0.25) is 8.51 Å². The molecule has 4 rings (SSSR count). The molecule has 1 N–H and O–H groups in total. The number of aromatic nitrogens is 1. The summed E-state index contributed by atoms with van der Waals surface area (Å²) in [7, 11) is 0. The number of esters is 1. The quantitative estimate of drug-likeness (QED) is 0.246. The zero-order valence-corrected chi connectivity index (χ0v) is 21.4. The van der Waals surface area contributed by atoms with Crippen molar-refractivity contribution in [2.75, 3.05) is 10.9 Å². The van der Waals surface area contributed by atoms with Gasteiger partial charge in [0.15, 0.2) is 0 Å². The predicted molar refractivity (Wildman–Crippen MR) is 141 cm³/mol. The number of carbonyl (C=O) groups excluding carboxylic acids is 1. The number of nitrogens with zero attached hydrogens (tertiary/aromatic N) is 1. The van der Waals surface area contributed by atoms with E-state index in [1.54, 1.807) is 25.1 Å². The molecular weight excluding hydrogens is 460 g/mol. The Balaban J connectivity index is 1.89. The minimum absolute atomic E-state index is 0.0454. The largest absolute Gasteiger partial charge is 0.755 e. The number of carbonyl (C=O) groups is 1. The van der Waals surface area contributed by atoms with Crippen LogP contribution in [0.4, 0.5) is 11.4 Å². The molecule has 182 valence electrons. The summed E-state index contributed by atoms with van der Waals surface area (Å²) in [6.45, 7) is 10.3. The summed E-state index contributed by atoms with van der Waals surface area (Å²) < 4.78 is 31.3. The monoisotopic (exact) mass is 489 g/mol. The van der Waals surface area contributed by atoms with E-state index in [1.165, 1.54) is 4.31 Å². The van der Waals surface area contributed by atoms with Crippen LogP contribution in [-0.4, -0.2) is 26.3 Å². The van der Waals surface area contributed by atoms with Gasteiger partial charge in [0.25, 0.3) is 0 Å². The van der Waals surface area contributed by atoms with Gasteiger partial charge in [-0.15, -0.1) is 0 Å². The molecule has 35 heavy (non-hydrogen) atoms. The molecular formula is C28H29N2O4S-. The molecule has 6 nitrogen and oxygen atoms in total. The molecule has 0 bridgehead atoms. The van der Waals surface area contributed by atoms with E-state index in [0.29, 0.717) is 28.1 Å². The van der Waals surface area contributed by atoms with Gasteiger partial charge in [-0.1, -0.05) is 62.7 Å². The number of hydrogen-bond acceptors (Lipinski definition) is 4. The van der Waals surface area contributed by atoms with E-state index in [4.69, 9.17) is 4.74 Å². The van der Waals surface area contributed by atoms with Crippen LogP contribution in [-0.2, 0) is 21.4 Å². The van der Waals surface area contributed by atoms with Crippen molar-refractivity contribution < 1.29 is 18.3 Å². The third-order valence-electron chi connectivity index (χ3n) is 5.92. The summed E-state index contributed by atoms with van der Waals surface area (Å²) in [4.78, 5) is 16.0. The van der Waals surface area contributed by atoms with Crippen LogP contribution in [0, 0.1) is 6.92 Å². The van der Waals surface area contributed by atoms with Gasteiger partial charge in [0.05, 0.1) is 29.2 Å². The Kier molecular flexibility index (Phi) is 6.83. The highest BCUT2D eigenvalue weighted by molar-refractivity contribution is 7.81. The van der Waals surface area contributed by atoms with Crippen molar-refractivity contribution in [3.63, 3.8) is 0 Å². The Morgan fingerprint density at radius 2 is 1.71 bits per heavy atom. The zero-order chi connectivity index (χ0) is 25.3. The number of H-pyrrole nitrogens is 1. The Morgan fingerprint density at radius 1 is 1.03 bits per heavy atom. The van der Waals surface area contributed by atoms with Crippen molar-refractivity contribution in [2.45, 2.75) is 40.0 Å².